The third-order valence-electron chi connectivity index (χ3n) is 5.68. The summed E-state index contributed by atoms with van der Waals surface area (Å²) in [7, 11) is -3.84. The van der Waals surface area contributed by atoms with Crippen LogP contribution in [0, 0.1) is 12.3 Å². The molecule has 1 aromatic carbocycles. The van der Waals surface area contributed by atoms with Gasteiger partial charge in [-0.1, -0.05) is 55.2 Å². The first-order chi connectivity index (χ1) is 15.7. The van der Waals surface area contributed by atoms with Gasteiger partial charge in [0.1, 0.15) is 10.3 Å². The number of aromatic nitrogens is 1. The molecule has 3 heterocycles. The van der Waals surface area contributed by atoms with Crippen molar-refractivity contribution in [1.29, 1.82) is 0 Å². The Labute approximate surface area is 206 Å². The average Bonchev–Trinajstić information content (AvgIpc) is 3.37. The number of piperidine rings is 1. The first kappa shape index (κ1) is 24.2. The highest BCUT2D eigenvalue weighted by atomic mass is 35.5. The van der Waals surface area contributed by atoms with Crippen molar-refractivity contribution in [3.05, 3.63) is 45.0 Å². The van der Waals surface area contributed by atoms with Crippen LogP contribution in [0.15, 0.2) is 39.5 Å². The number of nitrogens with zero attached hydrogens (tertiary/aromatic N) is 3. The van der Waals surface area contributed by atoms with Gasteiger partial charge in [-0.15, -0.1) is 17.8 Å². The van der Waals surface area contributed by atoms with Crippen molar-refractivity contribution in [2.45, 2.75) is 55.8 Å². The molecule has 1 atom stereocenters. The third-order valence-corrected chi connectivity index (χ3v) is 10.3. The Morgan fingerprint density at radius 1 is 1.27 bits per heavy atom. The number of amides is 1. The number of benzene rings is 1. The number of hydrogen-bond donors (Lipinski definition) is 0. The quantitative estimate of drug-likeness (QED) is 0.451. The molecule has 1 saturated heterocycles. The van der Waals surface area contributed by atoms with E-state index >= 15 is 0 Å². The van der Waals surface area contributed by atoms with E-state index in [1.807, 2.05) is 10.6 Å². The highest BCUT2D eigenvalue weighted by Gasteiger charge is 2.38. The van der Waals surface area contributed by atoms with E-state index in [-0.39, 0.29) is 17.3 Å². The fourth-order valence-corrected chi connectivity index (χ4v) is 8.28. The van der Waals surface area contributed by atoms with Crippen molar-refractivity contribution >= 4 is 60.4 Å². The van der Waals surface area contributed by atoms with Crippen LogP contribution < -0.4 is 4.80 Å². The second kappa shape index (κ2) is 9.72. The molecule has 1 fully saturated rings. The molecule has 174 valence electrons. The van der Waals surface area contributed by atoms with Crippen LogP contribution in [0.2, 0.25) is 4.34 Å². The summed E-state index contributed by atoms with van der Waals surface area (Å²) in [5, 5.41) is 0. The van der Waals surface area contributed by atoms with Gasteiger partial charge in [0.15, 0.2) is 4.80 Å². The first-order valence-electron chi connectivity index (χ1n) is 10.6. The summed E-state index contributed by atoms with van der Waals surface area (Å²) in [6.07, 6.45) is 7.47. The molecule has 1 unspecified atom stereocenters. The van der Waals surface area contributed by atoms with E-state index in [1.54, 1.807) is 6.07 Å². The molecule has 3 aromatic rings. The smallest absolute Gasteiger partial charge is 0.266 e. The Bertz CT molecular complexity index is 1410. The number of thiazole rings is 1. The number of hydrogen-bond acceptors (Lipinski definition) is 5. The number of terminal acetylenes is 1. The summed E-state index contributed by atoms with van der Waals surface area (Å²) >= 11 is 8.34. The largest absolute Gasteiger partial charge is 0.305 e. The van der Waals surface area contributed by atoms with E-state index in [0.29, 0.717) is 27.9 Å². The molecule has 0 N–H and O–H groups in total. The minimum atomic E-state index is -3.84. The molecule has 0 radical (unpaired) electrons. The van der Waals surface area contributed by atoms with Gasteiger partial charge in [-0.3, -0.25) is 4.79 Å². The van der Waals surface area contributed by atoms with Crippen molar-refractivity contribution in [3.63, 3.8) is 0 Å². The van der Waals surface area contributed by atoms with Crippen LogP contribution in [0.4, 0.5) is 0 Å². The Morgan fingerprint density at radius 2 is 2.06 bits per heavy atom. The molecule has 10 heteroatoms. The minimum Gasteiger partial charge on any atom is -0.305 e. The molecular formula is C23H24ClN3O3S3. The van der Waals surface area contributed by atoms with Crippen molar-refractivity contribution in [1.82, 2.24) is 8.87 Å². The van der Waals surface area contributed by atoms with Crippen molar-refractivity contribution in [2.24, 2.45) is 4.99 Å². The number of fused-ring (bicyclic) bond motifs is 1. The predicted molar refractivity (Wildman–Crippen MR) is 134 cm³/mol. The molecule has 33 heavy (non-hydrogen) atoms. The Hall–Kier alpha value is -1.96. The van der Waals surface area contributed by atoms with Gasteiger partial charge < -0.3 is 4.57 Å². The van der Waals surface area contributed by atoms with Gasteiger partial charge in [0, 0.05) is 6.54 Å². The van der Waals surface area contributed by atoms with E-state index in [0.717, 1.165) is 28.0 Å². The van der Waals surface area contributed by atoms with Crippen molar-refractivity contribution in [2.75, 3.05) is 6.54 Å². The fraction of sp³-hybridized carbons (Fsp3) is 0.391. The highest BCUT2D eigenvalue weighted by molar-refractivity contribution is 7.91. The molecule has 1 aliphatic heterocycles. The second-order valence-electron chi connectivity index (χ2n) is 8.19. The summed E-state index contributed by atoms with van der Waals surface area (Å²) in [6, 6.07) is 8.34. The van der Waals surface area contributed by atoms with Crippen molar-refractivity contribution < 1.29 is 13.2 Å². The van der Waals surface area contributed by atoms with E-state index in [1.165, 1.54) is 27.3 Å². The Morgan fingerprint density at radius 3 is 2.73 bits per heavy atom. The Kier molecular flexibility index (Phi) is 7.12. The van der Waals surface area contributed by atoms with Crippen LogP contribution >= 0.6 is 34.3 Å². The van der Waals surface area contributed by atoms with E-state index in [9.17, 15) is 13.2 Å². The summed E-state index contributed by atoms with van der Waals surface area (Å²) in [4.78, 5) is 18.2. The maximum atomic E-state index is 13.3. The number of carbonyl (C=O) groups is 1. The standard InChI is InChI=1S/C23H24ClN3O3S3/c1-4-12-26-17-9-8-16(15(2)3)14-19(17)31-23(26)25-22(28)18-7-5-6-13-27(18)33(29,30)21-11-10-20(24)32-21/h1,8-11,14-15,18H,5-7,12-13H2,2-3H3. The van der Waals surface area contributed by atoms with Crippen LogP contribution in [0.25, 0.3) is 10.2 Å². The molecular weight excluding hydrogens is 498 g/mol. The lowest BCUT2D eigenvalue weighted by Gasteiger charge is -2.31. The van der Waals surface area contributed by atoms with Crippen molar-refractivity contribution in [3.8, 4) is 12.3 Å². The van der Waals surface area contributed by atoms with Crippen LogP contribution in [0.1, 0.15) is 44.6 Å². The lowest BCUT2D eigenvalue weighted by molar-refractivity contribution is -0.122. The molecule has 0 aliphatic carbocycles. The maximum Gasteiger partial charge on any atom is 0.266 e. The Balaban J connectivity index is 1.75. The lowest BCUT2D eigenvalue weighted by atomic mass is 10.0. The van der Waals surface area contributed by atoms with Gasteiger partial charge in [-0.25, -0.2) is 8.42 Å². The lowest BCUT2D eigenvalue weighted by Crippen LogP contribution is -2.47. The molecule has 1 amide bonds. The molecule has 2 aromatic heterocycles. The van der Waals surface area contributed by atoms with Gasteiger partial charge in [-0.2, -0.15) is 9.30 Å². The number of carbonyl (C=O) groups excluding carboxylic acids is 1. The average molecular weight is 522 g/mol. The summed E-state index contributed by atoms with van der Waals surface area (Å²) < 4.78 is 31.1. The second-order valence-corrected chi connectivity index (χ2v) is 13.0. The predicted octanol–water partition coefficient (Wildman–Crippen LogP) is 4.85. The number of rotatable bonds is 5. The maximum absolute atomic E-state index is 13.3. The van der Waals surface area contributed by atoms with Crippen LogP contribution in [-0.4, -0.2) is 35.8 Å². The summed E-state index contributed by atoms with van der Waals surface area (Å²) in [6.45, 7) is 4.79. The van der Waals surface area contributed by atoms with Crippen LogP contribution in [-0.2, 0) is 21.4 Å². The molecule has 6 nitrogen and oxygen atoms in total. The number of thiophene rings is 1. The number of sulfonamides is 1. The van der Waals surface area contributed by atoms with Gasteiger partial charge >= 0.3 is 0 Å². The van der Waals surface area contributed by atoms with E-state index in [4.69, 9.17) is 18.0 Å². The SMILES string of the molecule is C#CCn1c(=NC(=O)C2CCCCN2S(=O)(=O)c2ccc(Cl)s2)sc2cc(C(C)C)ccc21. The van der Waals surface area contributed by atoms with Crippen LogP contribution in [0.3, 0.4) is 0 Å². The van der Waals surface area contributed by atoms with E-state index < -0.39 is 22.0 Å². The molecule has 0 saturated carbocycles. The summed E-state index contributed by atoms with van der Waals surface area (Å²) in [5.41, 5.74) is 2.10. The van der Waals surface area contributed by atoms with Gasteiger partial charge in [-0.05, 0) is 48.6 Å². The normalized spacial score (nSPS) is 18.2. The molecule has 4 rings (SSSR count). The zero-order valence-electron chi connectivity index (χ0n) is 18.3. The fourth-order valence-electron chi connectivity index (χ4n) is 3.94. The minimum absolute atomic E-state index is 0.137. The highest BCUT2D eigenvalue weighted by Crippen LogP contribution is 2.32. The summed E-state index contributed by atoms with van der Waals surface area (Å²) in [5.74, 6) is 2.53. The topological polar surface area (TPSA) is 71.7 Å². The molecule has 0 spiro atoms. The van der Waals surface area contributed by atoms with Gasteiger partial charge in [0.05, 0.1) is 21.1 Å². The monoisotopic (exact) mass is 521 g/mol. The molecule has 0 bridgehead atoms. The molecule has 1 aliphatic rings. The van der Waals surface area contributed by atoms with Gasteiger partial charge in [0.2, 0.25) is 0 Å². The zero-order valence-corrected chi connectivity index (χ0v) is 21.5. The number of halogens is 1. The van der Waals surface area contributed by atoms with Crippen LogP contribution in [0.5, 0.6) is 0 Å². The van der Waals surface area contributed by atoms with Gasteiger partial charge in [0.25, 0.3) is 15.9 Å². The third kappa shape index (κ3) is 4.81. The first-order valence-corrected chi connectivity index (χ1v) is 14.1. The zero-order chi connectivity index (χ0) is 23.8. The van der Waals surface area contributed by atoms with E-state index in [2.05, 4.69) is 36.9 Å².